The number of rotatable bonds is 23. The van der Waals surface area contributed by atoms with Gasteiger partial charge in [0.15, 0.2) is 0 Å². The number of carbonyl (C=O) groups excluding carboxylic acids is 3. The first-order chi connectivity index (χ1) is 38.4. The second-order valence-corrected chi connectivity index (χ2v) is 23.9. The molecule has 4 aliphatic heterocycles. The molecule has 4 N–H and O–H groups in total. The summed E-state index contributed by atoms with van der Waals surface area (Å²) in [4.78, 5) is 46.8. The van der Waals surface area contributed by atoms with Gasteiger partial charge >= 0.3 is 12.2 Å². The van der Waals surface area contributed by atoms with Crippen LogP contribution in [0.1, 0.15) is 69.1 Å². The predicted molar refractivity (Wildman–Crippen MR) is 305 cm³/mol. The van der Waals surface area contributed by atoms with E-state index in [-0.39, 0.29) is 48.9 Å². The van der Waals surface area contributed by atoms with Crippen LogP contribution >= 0.6 is 23.4 Å². The summed E-state index contributed by atoms with van der Waals surface area (Å²) in [6.07, 6.45) is -4.09. The molecule has 16 nitrogen and oxygen atoms in total. The molecule has 4 unspecified atom stereocenters. The standard InChI is InChI=1S/C57H72ClF4N9O7S2/c1-40(42-12-14-43(58)15-13-42)8-6-11-51-52(70-31-29-69(30-32-70)45-16-18-49(59)53(36-45)71-27-22-54(73)65-56(71)74)21-26-68(28-23-63-51)41(2)66-80(75,76)47-17-19-50(48(37-47)55(78-39-72)57(60,61)62)64-44(38-79-46-9-4-3-5-10-46)20-25-67-24-7-34-77-35-33-67/h3-5,9-10,12-19,36-37,39,41,44,51-52,55,63-64,66H,1,6-8,11,20-35,38H2,2H3,(H,65,73,74)/t41?,44?,51?,52-,55?/m1/s1. The minimum absolute atomic E-state index is 0.000991. The zero-order valence-corrected chi connectivity index (χ0v) is 47.4. The van der Waals surface area contributed by atoms with Gasteiger partial charge in [0.1, 0.15) is 5.82 Å². The molecule has 23 heteroatoms. The summed E-state index contributed by atoms with van der Waals surface area (Å²) < 4.78 is 102. The third kappa shape index (κ3) is 16.7. The van der Waals surface area contributed by atoms with Crippen LogP contribution in [0.5, 0.6) is 0 Å². The largest absolute Gasteiger partial charge is 0.450 e. The monoisotopic (exact) mass is 1170 g/mol. The molecule has 0 radical (unpaired) electrons. The number of imide groups is 1. The topological polar surface area (TPSA) is 168 Å². The van der Waals surface area contributed by atoms with E-state index in [0.29, 0.717) is 89.2 Å². The highest BCUT2D eigenvalue weighted by Crippen LogP contribution is 2.41. The van der Waals surface area contributed by atoms with Crippen LogP contribution in [0.25, 0.3) is 5.57 Å². The number of urea groups is 1. The highest BCUT2D eigenvalue weighted by atomic mass is 35.5. The van der Waals surface area contributed by atoms with Crippen LogP contribution in [-0.4, -0.2) is 163 Å². The summed E-state index contributed by atoms with van der Waals surface area (Å²) in [5, 5.41) is 10.00. The van der Waals surface area contributed by atoms with E-state index < -0.39 is 56.7 Å². The van der Waals surface area contributed by atoms with E-state index in [2.05, 4.69) is 42.0 Å². The zero-order chi connectivity index (χ0) is 56.8. The van der Waals surface area contributed by atoms with Crippen molar-refractivity contribution in [1.82, 2.24) is 30.1 Å². The lowest BCUT2D eigenvalue weighted by atomic mass is 9.93. The van der Waals surface area contributed by atoms with E-state index in [1.807, 2.05) is 59.5 Å². The minimum atomic E-state index is -5.08. The van der Waals surface area contributed by atoms with Crippen molar-refractivity contribution in [3.05, 3.63) is 120 Å². The average molecular weight is 1170 g/mol. The molecule has 8 rings (SSSR count). The average Bonchev–Trinajstić information content (AvgIpc) is 3.71. The molecule has 4 aliphatic rings. The van der Waals surface area contributed by atoms with Crippen molar-refractivity contribution in [2.24, 2.45) is 0 Å². The molecule has 434 valence electrons. The van der Waals surface area contributed by atoms with Crippen LogP contribution < -0.4 is 30.5 Å². The highest BCUT2D eigenvalue weighted by molar-refractivity contribution is 7.99. The number of hydrogen-bond acceptors (Lipinski definition) is 14. The van der Waals surface area contributed by atoms with Crippen LogP contribution in [0.2, 0.25) is 5.02 Å². The van der Waals surface area contributed by atoms with Gasteiger partial charge in [0, 0.05) is 136 Å². The van der Waals surface area contributed by atoms with Gasteiger partial charge < -0.3 is 29.9 Å². The number of piperazine rings is 1. The fourth-order valence-electron chi connectivity index (χ4n) is 10.9. The Labute approximate surface area is 475 Å². The molecular formula is C57H72ClF4N9O7S2. The van der Waals surface area contributed by atoms with E-state index in [1.165, 1.54) is 23.1 Å². The Hall–Kier alpha value is -5.30. The number of amides is 3. The van der Waals surface area contributed by atoms with Gasteiger partial charge in [-0.3, -0.25) is 29.6 Å². The van der Waals surface area contributed by atoms with Crippen LogP contribution in [-0.2, 0) is 29.1 Å². The molecule has 5 atom stereocenters. The van der Waals surface area contributed by atoms with Gasteiger partial charge in [-0.2, -0.15) is 17.9 Å². The normalized spacial score (nSPS) is 20.7. The smallest absolute Gasteiger partial charge is 0.429 e. The SMILES string of the molecule is C=C(CCCC1NCCN(C(C)NS(=O)(=O)c2ccc(NC(CCN3CCCOCC3)CSc3ccccc3)c(C(OC=O)C(F)(F)F)c2)CC[C@H]1N1CCN(c2ccc(F)c(N3CCC(=O)NC3=O)c2)CC1)c1ccc(Cl)cc1. The maximum Gasteiger partial charge on any atom is 0.429 e. The fraction of sp³-hybridized carbons (Fsp3) is 0.491. The number of anilines is 3. The van der Waals surface area contributed by atoms with E-state index in [9.17, 15) is 36.0 Å². The number of thioether (sulfide) groups is 1. The molecular weight excluding hydrogens is 1100 g/mol. The van der Waals surface area contributed by atoms with Crippen molar-refractivity contribution in [3.63, 3.8) is 0 Å². The molecule has 80 heavy (non-hydrogen) atoms. The Morgan fingerprint density at radius 2 is 1.73 bits per heavy atom. The molecule has 0 aromatic heterocycles. The number of sulfonamides is 1. The van der Waals surface area contributed by atoms with Crippen LogP contribution in [0.3, 0.4) is 0 Å². The van der Waals surface area contributed by atoms with Crippen molar-refractivity contribution in [2.75, 3.05) is 106 Å². The summed E-state index contributed by atoms with van der Waals surface area (Å²) in [6, 6.07) is 24.5. The third-order valence-corrected chi connectivity index (χ3v) is 18.2. The van der Waals surface area contributed by atoms with Gasteiger partial charge in [0.05, 0.1) is 23.4 Å². The predicted octanol–water partition coefficient (Wildman–Crippen LogP) is 8.75. The van der Waals surface area contributed by atoms with Crippen molar-refractivity contribution in [2.45, 2.75) is 98.2 Å². The fourth-order valence-corrected chi connectivity index (χ4v) is 13.3. The molecule has 0 saturated carbocycles. The number of carbonyl (C=O) groups is 3. The first-order valence-corrected chi connectivity index (χ1v) is 30.2. The second-order valence-electron chi connectivity index (χ2n) is 20.6. The molecule has 0 bridgehead atoms. The second kappa shape index (κ2) is 28.6. The van der Waals surface area contributed by atoms with Gasteiger partial charge in [0.25, 0.3) is 6.47 Å². The lowest BCUT2D eigenvalue weighted by Gasteiger charge is -2.45. The van der Waals surface area contributed by atoms with Gasteiger partial charge in [-0.05, 0) is 117 Å². The number of benzene rings is 4. The van der Waals surface area contributed by atoms with Crippen LogP contribution in [0.4, 0.5) is 39.4 Å². The molecule has 0 spiro atoms. The van der Waals surface area contributed by atoms with E-state index in [1.54, 1.807) is 30.8 Å². The number of nitrogens with one attached hydrogen (secondary N) is 4. The lowest BCUT2D eigenvalue weighted by Crippen LogP contribution is -2.60. The highest BCUT2D eigenvalue weighted by Gasteiger charge is 2.45. The van der Waals surface area contributed by atoms with Crippen molar-refractivity contribution in [3.8, 4) is 0 Å². The van der Waals surface area contributed by atoms with Crippen LogP contribution in [0.15, 0.2) is 107 Å². The minimum Gasteiger partial charge on any atom is -0.450 e. The zero-order valence-electron chi connectivity index (χ0n) is 45.0. The molecule has 4 aromatic rings. The molecule has 3 amide bonds. The molecule has 4 fully saturated rings. The third-order valence-electron chi connectivity index (χ3n) is 15.3. The van der Waals surface area contributed by atoms with Gasteiger partial charge in [-0.1, -0.05) is 48.5 Å². The Morgan fingerprint density at radius 1 is 0.950 bits per heavy atom. The van der Waals surface area contributed by atoms with Crippen LogP contribution in [0, 0.1) is 5.82 Å². The van der Waals surface area contributed by atoms with Gasteiger partial charge in [-0.25, -0.2) is 17.6 Å². The quantitative estimate of drug-likeness (QED) is 0.0316. The van der Waals surface area contributed by atoms with Crippen molar-refractivity contribution < 1.29 is 49.8 Å². The van der Waals surface area contributed by atoms with E-state index >= 15 is 4.39 Å². The molecule has 4 aromatic carbocycles. The van der Waals surface area contributed by atoms with Gasteiger partial charge in [-0.15, -0.1) is 11.8 Å². The Balaban J connectivity index is 0.979. The Kier molecular flexibility index (Phi) is 21.7. The van der Waals surface area contributed by atoms with Crippen molar-refractivity contribution in [1.29, 1.82) is 0 Å². The summed E-state index contributed by atoms with van der Waals surface area (Å²) >= 11 is 7.70. The summed E-state index contributed by atoms with van der Waals surface area (Å²) in [7, 11) is -4.48. The first-order valence-electron chi connectivity index (χ1n) is 27.3. The number of nitrogens with zero attached hydrogens (tertiary/aromatic N) is 5. The molecule has 4 saturated heterocycles. The Bertz CT molecular complexity index is 2830. The van der Waals surface area contributed by atoms with Gasteiger partial charge in [0.2, 0.25) is 22.0 Å². The number of hydrogen-bond donors (Lipinski definition) is 4. The summed E-state index contributed by atoms with van der Waals surface area (Å²) in [5.74, 6) is -0.503. The van der Waals surface area contributed by atoms with E-state index in [0.717, 1.165) is 66.6 Å². The maximum absolute atomic E-state index is 15.2. The number of ether oxygens (including phenoxy) is 2. The number of alkyl halides is 3. The number of allylic oxidation sites excluding steroid dienone is 1. The summed E-state index contributed by atoms with van der Waals surface area (Å²) in [5.41, 5.74) is 2.32. The summed E-state index contributed by atoms with van der Waals surface area (Å²) in [6.45, 7) is 13.2. The maximum atomic E-state index is 15.2. The molecule has 0 aliphatic carbocycles. The van der Waals surface area contributed by atoms with E-state index in [4.69, 9.17) is 21.1 Å². The van der Waals surface area contributed by atoms with Crippen molar-refractivity contribution >= 4 is 74.4 Å². The lowest BCUT2D eigenvalue weighted by molar-refractivity contribution is -0.217. The number of halogens is 5. The molecule has 4 heterocycles. The first kappa shape index (κ1) is 60.8. The Morgan fingerprint density at radius 3 is 2.46 bits per heavy atom.